The van der Waals surface area contributed by atoms with E-state index in [4.69, 9.17) is 0 Å². The number of nitrogens with one attached hydrogen (secondary N) is 1. The van der Waals surface area contributed by atoms with E-state index < -0.39 is 0 Å². The molecule has 1 saturated carbocycles. The van der Waals surface area contributed by atoms with Gasteiger partial charge in [-0.05, 0) is 65.2 Å². The molecule has 118 valence electrons. The Labute approximate surface area is 124 Å². The minimum absolute atomic E-state index is 0.0294. The Balaban J connectivity index is 1.87. The molecular formula is C16H33N3O. The third kappa shape index (κ3) is 3.94. The van der Waals surface area contributed by atoms with Crippen LogP contribution in [0, 0.1) is 5.92 Å². The van der Waals surface area contributed by atoms with Gasteiger partial charge >= 0.3 is 0 Å². The van der Waals surface area contributed by atoms with Gasteiger partial charge in [0.1, 0.15) is 0 Å². The van der Waals surface area contributed by atoms with Crippen molar-refractivity contribution in [3.05, 3.63) is 0 Å². The molecule has 2 rings (SSSR count). The van der Waals surface area contributed by atoms with E-state index in [1.54, 1.807) is 0 Å². The maximum atomic E-state index is 9.80. The Morgan fingerprint density at radius 3 is 2.80 bits per heavy atom. The summed E-state index contributed by atoms with van der Waals surface area (Å²) >= 11 is 0. The first-order valence-electron chi connectivity index (χ1n) is 8.33. The van der Waals surface area contributed by atoms with E-state index in [-0.39, 0.29) is 12.1 Å². The molecule has 1 saturated heterocycles. The Morgan fingerprint density at radius 2 is 2.20 bits per heavy atom. The summed E-state index contributed by atoms with van der Waals surface area (Å²) in [4.78, 5) is 5.00. The molecule has 1 heterocycles. The molecule has 0 aromatic rings. The third-order valence-corrected chi connectivity index (χ3v) is 5.33. The maximum Gasteiger partial charge on any atom is 0.0613 e. The Kier molecular flexibility index (Phi) is 5.84. The molecule has 0 aromatic carbocycles. The van der Waals surface area contributed by atoms with Gasteiger partial charge in [0, 0.05) is 24.7 Å². The minimum atomic E-state index is -0.0294. The van der Waals surface area contributed by atoms with E-state index in [1.807, 2.05) is 0 Å². The van der Waals surface area contributed by atoms with Crippen LogP contribution < -0.4 is 5.32 Å². The van der Waals surface area contributed by atoms with Crippen LogP contribution in [0.4, 0.5) is 0 Å². The van der Waals surface area contributed by atoms with Crippen LogP contribution in [0.15, 0.2) is 0 Å². The molecule has 4 heteroatoms. The van der Waals surface area contributed by atoms with Gasteiger partial charge in [-0.15, -0.1) is 0 Å². The second-order valence-corrected chi connectivity index (χ2v) is 7.08. The van der Waals surface area contributed by atoms with Crippen molar-refractivity contribution >= 4 is 0 Å². The molecule has 2 N–H and O–H groups in total. The number of rotatable bonds is 6. The lowest BCUT2D eigenvalue weighted by molar-refractivity contribution is 0.0653. The predicted molar refractivity (Wildman–Crippen MR) is 84.0 cm³/mol. The van der Waals surface area contributed by atoms with Crippen molar-refractivity contribution in [1.29, 1.82) is 0 Å². The van der Waals surface area contributed by atoms with Crippen LogP contribution in [0.25, 0.3) is 0 Å². The van der Waals surface area contributed by atoms with Crippen LogP contribution in [0.1, 0.15) is 39.0 Å². The van der Waals surface area contributed by atoms with Gasteiger partial charge in [-0.1, -0.05) is 6.92 Å². The van der Waals surface area contributed by atoms with Gasteiger partial charge in [0.15, 0.2) is 0 Å². The van der Waals surface area contributed by atoms with Crippen LogP contribution in [0.5, 0.6) is 0 Å². The fraction of sp³-hybridized carbons (Fsp3) is 1.00. The van der Waals surface area contributed by atoms with Crippen LogP contribution >= 0.6 is 0 Å². The normalized spacial score (nSPS) is 35.9. The lowest BCUT2D eigenvalue weighted by Crippen LogP contribution is -2.55. The SMILES string of the molecule is CCNC1(CO)CCCC(N(C)CC2CCN(C)C2)C1. The number of hydrogen-bond donors (Lipinski definition) is 2. The Bertz CT molecular complexity index is 295. The van der Waals surface area contributed by atoms with E-state index in [1.165, 1.54) is 38.9 Å². The Hall–Kier alpha value is -0.160. The molecule has 3 atom stereocenters. The molecule has 3 unspecified atom stereocenters. The lowest BCUT2D eigenvalue weighted by Gasteiger charge is -2.44. The van der Waals surface area contributed by atoms with Gasteiger partial charge in [0.2, 0.25) is 0 Å². The largest absolute Gasteiger partial charge is 0.394 e. The average molecular weight is 283 g/mol. The van der Waals surface area contributed by atoms with Crippen LogP contribution in [-0.4, -0.2) is 73.4 Å². The molecule has 0 amide bonds. The van der Waals surface area contributed by atoms with Crippen molar-refractivity contribution in [2.45, 2.75) is 50.6 Å². The highest BCUT2D eigenvalue weighted by Crippen LogP contribution is 2.31. The summed E-state index contributed by atoms with van der Waals surface area (Å²) in [5.41, 5.74) is -0.0294. The third-order valence-electron chi connectivity index (χ3n) is 5.33. The molecule has 0 bridgehead atoms. The lowest BCUT2D eigenvalue weighted by atomic mass is 9.78. The highest BCUT2D eigenvalue weighted by atomic mass is 16.3. The number of likely N-dealkylation sites (tertiary alicyclic amines) is 1. The van der Waals surface area contributed by atoms with Crippen molar-refractivity contribution in [2.75, 3.05) is 46.9 Å². The molecule has 1 aliphatic carbocycles. The molecule has 4 nitrogen and oxygen atoms in total. The number of hydrogen-bond acceptors (Lipinski definition) is 4. The first-order valence-corrected chi connectivity index (χ1v) is 8.33. The van der Waals surface area contributed by atoms with Gasteiger partial charge in [0.25, 0.3) is 0 Å². The molecule has 0 radical (unpaired) electrons. The topological polar surface area (TPSA) is 38.7 Å². The smallest absolute Gasteiger partial charge is 0.0613 e. The summed E-state index contributed by atoms with van der Waals surface area (Å²) in [6.45, 7) is 7.07. The van der Waals surface area contributed by atoms with E-state index in [0.29, 0.717) is 6.04 Å². The second-order valence-electron chi connectivity index (χ2n) is 7.08. The van der Waals surface area contributed by atoms with Crippen molar-refractivity contribution in [2.24, 2.45) is 5.92 Å². The van der Waals surface area contributed by atoms with Crippen molar-refractivity contribution < 1.29 is 5.11 Å². The van der Waals surface area contributed by atoms with E-state index in [0.717, 1.165) is 25.3 Å². The molecule has 20 heavy (non-hydrogen) atoms. The first kappa shape index (κ1) is 16.2. The van der Waals surface area contributed by atoms with Crippen molar-refractivity contribution in [1.82, 2.24) is 15.1 Å². The highest BCUT2D eigenvalue weighted by molar-refractivity contribution is 4.96. The summed E-state index contributed by atoms with van der Waals surface area (Å²) in [6.07, 6.45) is 6.06. The van der Waals surface area contributed by atoms with Crippen LogP contribution in [-0.2, 0) is 0 Å². The summed E-state index contributed by atoms with van der Waals surface area (Å²) in [7, 11) is 4.50. The summed E-state index contributed by atoms with van der Waals surface area (Å²) < 4.78 is 0. The van der Waals surface area contributed by atoms with E-state index >= 15 is 0 Å². The molecule has 2 aliphatic rings. The number of aliphatic hydroxyl groups is 1. The highest BCUT2D eigenvalue weighted by Gasteiger charge is 2.37. The zero-order chi connectivity index (χ0) is 14.6. The fourth-order valence-corrected chi connectivity index (χ4v) is 4.17. The minimum Gasteiger partial charge on any atom is -0.394 e. The predicted octanol–water partition coefficient (Wildman–Crippen LogP) is 1.15. The summed E-state index contributed by atoms with van der Waals surface area (Å²) in [5.74, 6) is 0.828. The molecule has 0 spiro atoms. The second kappa shape index (κ2) is 7.21. The molecule has 1 aliphatic heterocycles. The van der Waals surface area contributed by atoms with Gasteiger partial charge in [-0.2, -0.15) is 0 Å². The standard InChI is InChI=1S/C16H33N3O/c1-4-17-16(13-20)8-5-6-15(10-16)19(3)12-14-7-9-18(2)11-14/h14-15,17,20H,4-13H2,1-3H3. The average Bonchev–Trinajstić information content (AvgIpc) is 2.84. The number of aliphatic hydroxyl groups excluding tert-OH is 1. The number of nitrogens with zero attached hydrogens (tertiary/aromatic N) is 2. The van der Waals surface area contributed by atoms with Gasteiger partial charge in [-0.3, -0.25) is 0 Å². The monoisotopic (exact) mass is 283 g/mol. The van der Waals surface area contributed by atoms with E-state index in [9.17, 15) is 5.11 Å². The maximum absolute atomic E-state index is 9.80. The van der Waals surface area contributed by atoms with Crippen molar-refractivity contribution in [3.63, 3.8) is 0 Å². The molecule has 0 aromatic heterocycles. The van der Waals surface area contributed by atoms with Crippen LogP contribution in [0.3, 0.4) is 0 Å². The van der Waals surface area contributed by atoms with Gasteiger partial charge in [-0.25, -0.2) is 0 Å². The fourth-order valence-electron chi connectivity index (χ4n) is 4.17. The molecular weight excluding hydrogens is 250 g/mol. The molecule has 2 fully saturated rings. The van der Waals surface area contributed by atoms with Crippen LogP contribution in [0.2, 0.25) is 0 Å². The summed E-state index contributed by atoms with van der Waals surface area (Å²) in [5, 5.41) is 13.4. The van der Waals surface area contributed by atoms with Gasteiger partial charge in [0.05, 0.1) is 6.61 Å². The Morgan fingerprint density at radius 1 is 1.40 bits per heavy atom. The number of likely N-dealkylation sites (N-methyl/N-ethyl adjacent to an activating group) is 1. The first-order chi connectivity index (χ1) is 9.58. The zero-order valence-electron chi connectivity index (χ0n) is 13.6. The van der Waals surface area contributed by atoms with Gasteiger partial charge < -0.3 is 20.2 Å². The quantitative estimate of drug-likeness (QED) is 0.767. The van der Waals surface area contributed by atoms with Crippen molar-refractivity contribution in [3.8, 4) is 0 Å². The zero-order valence-corrected chi connectivity index (χ0v) is 13.6. The summed E-state index contributed by atoms with van der Waals surface area (Å²) in [6, 6.07) is 0.626. The van der Waals surface area contributed by atoms with E-state index in [2.05, 4.69) is 36.1 Å².